The van der Waals surface area contributed by atoms with Crippen molar-refractivity contribution in [3.05, 3.63) is 101 Å². The van der Waals surface area contributed by atoms with Crippen LogP contribution in [0.1, 0.15) is 34.0 Å². The molecule has 3 aromatic carbocycles. The van der Waals surface area contributed by atoms with Gasteiger partial charge in [0.2, 0.25) is 5.91 Å². The molecular weight excluding hydrogens is 348 g/mol. The number of nitrogens with zero attached hydrogens (tertiary/aromatic N) is 1. The van der Waals surface area contributed by atoms with Crippen molar-refractivity contribution in [2.75, 3.05) is 5.32 Å². The zero-order valence-electron chi connectivity index (χ0n) is 16.2. The Morgan fingerprint density at radius 3 is 1.86 bits per heavy atom. The number of hydrogen-bond donors (Lipinski definition) is 1. The fraction of sp³-hybridized carbons (Fsp3) is 0.167. The quantitative estimate of drug-likeness (QED) is 0.676. The van der Waals surface area contributed by atoms with Crippen LogP contribution in [0, 0.1) is 6.92 Å². The van der Waals surface area contributed by atoms with Crippen molar-refractivity contribution in [1.82, 2.24) is 4.90 Å². The van der Waals surface area contributed by atoms with Gasteiger partial charge in [-0.1, -0.05) is 66.7 Å². The smallest absolute Gasteiger partial charge is 0.254 e. The third kappa shape index (κ3) is 5.07. The lowest BCUT2D eigenvalue weighted by atomic mass is 10.1. The van der Waals surface area contributed by atoms with Gasteiger partial charge in [0.05, 0.1) is 0 Å². The molecule has 0 atom stereocenters. The fourth-order valence-electron chi connectivity index (χ4n) is 3.07. The average molecular weight is 372 g/mol. The van der Waals surface area contributed by atoms with Gasteiger partial charge in [-0.25, -0.2) is 0 Å². The fourth-order valence-corrected chi connectivity index (χ4v) is 3.07. The largest absolute Gasteiger partial charge is 0.330 e. The van der Waals surface area contributed by atoms with Crippen LogP contribution in [0.15, 0.2) is 78.9 Å². The predicted octanol–water partition coefficient (Wildman–Crippen LogP) is 4.80. The van der Waals surface area contributed by atoms with E-state index in [9.17, 15) is 9.59 Å². The molecule has 28 heavy (non-hydrogen) atoms. The third-order valence-electron chi connectivity index (χ3n) is 4.51. The minimum Gasteiger partial charge on any atom is -0.330 e. The summed E-state index contributed by atoms with van der Waals surface area (Å²) in [6.45, 7) is 4.39. The molecule has 0 fully saturated rings. The van der Waals surface area contributed by atoms with Crippen molar-refractivity contribution in [2.24, 2.45) is 0 Å². The number of carbonyl (C=O) groups is 2. The molecule has 0 heterocycles. The first-order valence-corrected chi connectivity index (χ1v) is 9.28. The average Bonchev–Trinajstić information content (AvgIpc) is 2.70. The van der Waals surface area contributed by atoms with Gasteiger partial charge in [0.15, 0.2) is 0 Å². The molecule has 0 aliphatic carbocycles. The van der Waals surface area contributed by atoms with E-state index in [-0.39, 0.29) is 11.8 Å². The maximum atomic E-state index is 13.3. The van der Waals surface area contributed by atoms with Crippen LogP contribution >= 0.6 is 0 Å². The Hall–Kier alpha value is -3.40. The van der Waals surface area contributed by atoms with Crippen LogP contribution in [0.4, 0.5) is 5.69 Å². The summed E-state index contributed by atoms with van der Waals surface area (Å²) in [5.41, 5.74) is 4.28. The van der Waals surface area contributed by atoms with Gasteiger partial charge in [0.1, 0.15) is 0 Å². The maximum absolute atomic E-state index is 13.3. The molecule has 4 nitrogen and oxygen atoms in total. The summed E-state index contributed by atoms with van der Waals surface area (Å²) in [5.74, 6) is -0.225. The highest BCUT2D eigenvalue weighted by Gasteiger charge is 2.18. The Labute approximate surface area is 165 Å². The molecule has 0 aliphatic heterocycles. The van der Waals surface area contributed by atoms with Crippen molar-refractivity contribution in [2.45, 2.75) is 26.9 Å². The molecule has 2 amide bonds. The van der Waals surface area contributed by atoms with Gasteiger partial charge in [-0.15, -0.1) is 0 Å². The lowest BCUT2D eigenvalue weighted by Crippen LogP contribution is -2.30. The van der Waals surface area contributed by atoms with Crippen molar-refractivity contribution in [3.8, 4) is 0 Å². The zero-order chi connectivity index (χ0) is 19.9. The van der Waals surface area contributed by atoms with E-state index in [4.69, 9.17) is 0 Å². The van der Waals surface area contributed by atoms with E-state index in [2.05, 4.69) is 5.32 Å². The topological polar surface area (TPSA) is 49.4 Å². The van der Waals surface area contributed by atoms with Crippen molar-refractivity contribution in [1.29, 1.82) is 0 Å². The number of hydrogen-bond acceptors (Lipinski definition) is 2. The number of nitrogens with one attached hydrogen (secondary N) is 1. The van der Waals surface area contributed by atoms with E-state index in [0.29, 0.717) is 24.3 Å². The summed E-state index contributed by atoms with van der Waals surface area (Å²) in [6, 6.07) is 25.3. The van der Waals surface area contributed by atoms with E-state index in [1.807, 2.05) is 84.6 Å². The number of anilines is 1. The van der Waals surface area contributed by atoms with Crippen LogP contribution in [-0.2, 0) is 17.9 Å². The second kappa shape index (κ2) is 9.00. The second-order valence-electron chi connectivity index (χ2n) is 6.84. The van der Waals surface area contributed by atoms with Gasteiger partial charge in [-0.3, -0.25) is 9.59 Å². The van der Waals surface area contributed by atoms with E-state index in [0.717, 1.165) is 16.7 Å². The lowest BCUT2D eigenvalue weighted by molar-refractivity contribution is -0.114. The summed E-state index contributed by atoms with van der Waals surface area (Å²) in [4.78, 5) is 26.6. The Morgan fingerprint density at radius 1 is 0.821 bits per heavy atom. The molecule has 0 spiro atoms. The normalized spacial score (nSPS) is 10.4. The molecule has 0 aromatic heterocycles. The van der Waals surface area contributed by atoms with Crippen molar-refractivity contribution in [3.63, 3.8) is 0 Å². The Balaban J connectivity index is 1.90. The molecule has 0 bridgehead atoms. The van der Waals surface area contributed by atoms with E-state index < -0.39 is 0 Å². The Morgan fingerprint density at radius 2 is 1.36 bits per heavy atom. The molecule has 142 valence electrons. The SMILES string of the molecule is CC(=O)Nc1cc(C(=O)N(Cc2ccccc2)Cc2ccccc2)ccc1C. The van der Waals surface area contributed by atoms with E-state index in [1.54, 1.807) is 6.07 Å². The standard InChI is InChI=1S/C24H24N2O2/c1-18-13-14-22(15-23(18)25-19(2)27)24(28)26(16-20-9-5-3-6-10-20)17-21-11-7-4-8-12-21/h3-15H,16-17H2,1-2H3,(H,25,27). The molecule has 0 aliphatic rings. The van der Waals surface area contributed by atoms with Gasteiger partial charge in [-0.2, -0.15) is 0 Å². The molecule has 1 N–H and O–H groups in total. The minimum absolute atomic E-state index is 0.0701. The zero-order valence-corrected chi connectivity index (χ0v) is 16.2. The first-order chi connectivity index (χ1) is 13.5. The highest BCUT2D eigenvalue weighted by molar-refractivity contribution is 5.97. The lowest BCUT2D eigenvalue weighted by Gasteiger charge is -2.24. The van der Waals surface area contributed by atoms with E-state index in [1.165, 1.54) is 6.92 Å². The van der Waals surface area contributed by atoms with Crippen molar-refractivity contribution < 1.29 is 9.59 Å². The summed E-state index contributed by atoms with van der Waals surface area (Å²) in [7, 11) is 0. The number of aryl methyl sites for hydroxylation is 1. The molecule has 0 saturated carbocycles. The molecule has 4 heteroatoms. The highest BCUT2D eigenvalue weighted by atomic mass is 16.2. The maximum Gasteiger partial charge on any atom is 0.254 e. The molecular formula is C24H24N2O2. The van der Waals surface area contributed by atoms with Crippen LogP contribution in [0.2, 0.25) is 0 Å². The number of rotatable bonds is 6. The predicted molar refractivity (Wildman–Crippen MR) is 112 cm³/mol. The summed E-state index contributed by atoms with van der Waals surface area (Å²) in [5, 5.41) is 2.80. The Kier molecular flexibility index (Phi) is 6.22. The summed E-state index contributed by atoms with van der Waals surface area (Å²) >= 11 is 0. The Bertz CT molecular complexity index is 911. The van der Waals surface area contributed by atoms with Crippen LogP contribution in [0.25, 0.3) is 0 Å². The third-order valence-corrected chi connectivity index (χ3v) is 4.51. The van der Waals surface area contributed by atoms with Gasteiger partial charge >= 0.3 is 0 Å². The second-order valence-corrected chi connectivity index (χ2v) is 6.84. The number of benzene rings is 3. The first kappa shape index (κ1) is 19.4. The van der Waals surface area contributed by atoms with Gasteiger partial charge in [0, 0.05) is 31.3 Å². The van der Waals surface area contributed by atoms with Crippen LogP contribution in [0.5, 0.6) is 0 Å². The van der Waals surface area contributed by atoms with Crippen LogP contribution in [-0.4, -0.2) is 16.7 Å². The van der Waals surface area contributed by atoms with Crippen LogP contribution in [0.3, 0.4) is 0 Å². The first-order valence-electron chi connectivity index (χ1n) is 9.28. The van der Waals surface area contributed by atoms with Gasteiger partial charge < -0.3 is 10.2 Å². The molecule has 0 saturated heterocycles. The number of amides is 2. The van der Waals surface area contributed by atoms with Gasteiger partial charge in [-0.05, 0) is 35.7 Å². The summed E-state index contributed by atoms with van der Waals surface area (Å²) in [6.07, 6.45) is 0. The molecule has 0 unspecified atom stereocenters. The van der Waals surface area contributed by atoms with Crippen molar-refractivity contribution >= 4 is 17.5 Å². The monoisotopic (exact) mass is 372 g/mol. The number of carbonyl (C=O) groups excluding carboxylic acids is 2. The van der Waals surface area contributed by atoms with Gasteiger partial charge in [0.25, 0.3) is 5.91 Å². The van der Waals surface area contributed by atoms with E-state index >= 15 is 0 Å². The molecule has 3 aromatic rings. The minimum atomic E-state index is -0.155. The van der Waals surface area contributed by atoms with Crippen LogP contribution < -0.4 is 5.32 Å². The molecule has 3 rings (SSSR count). The molecule has 0 radical (unpaired) electrons. The summed E-state index contributed by atoms with van der Waals surface area (Å²) < 4.78 is 0. The highest BCUT2D eigenvalue weighted by Crippen LogP contribution is 2.20.